The van der Waals surface area contributed by atoms with Gasteiger partial charge in [0.25, 0.3) is 0 Å². The molecule has 1 aromatic rings. The van der Waals surface area contributed by atoms with Crippen LogP contribution in [-0.2, 0) is 16.2 Å². The van der Waals surface area contributed by atoms with E-state index in [4.69, 9.17) is 4.84 Å². The van der Waals surface area contributed by atoms with Gasteiger partial charge in [-0.25, -0.2) is 0 Å². The summed E-state index contributed by atoms with van der Waals surface area (Å²) in [5, 5.41) is 2.81. The van der Waals surface area contributed by atoms with Gasteiger partial charge in [0.05, 0.1) is 13.2 Å². The van der Waals surface area contributed by atoms with E-state index in [1.807, 2.05) is 30.3 Å². The number of carbonyl (C=O) groups excluding carboxylic acids is 1. The van der Waals surface area contributed by atoms with Crippen molar-refractivity contribution >= 4 is 5.91 Å². The van der Waals surface area contributed by atoms with Crippen molar-refractivity contribution in [3.63, 3.8) is 0 Å². The number of nitrogens with one attached hydrogen (secondary N) is 2. The second-order valence-electron chi connectivity index (χ2n) is 4.29. The molecule has 0 radical (unpaired) electrons. The Labute approximate surface area is 102 Å². The number of amides is 1. The third-order valence-electron chi connectivity index (χ3n) is 2.08. The molecular weight excluding hydrogens is 216 g/mol. The number of rotatable bonds is 7. The van der Waals surface area contributed by atoms with Crippen molar-refractivity contribution in [1.82, 2.24) is 10.8 Å². The highest BCUT2D eigenvalue weighted by Crippen LogP contribution is 1.96. The highest BCUT2D eigenvalue weighted by molar-refractivity contribution is 5.77. The molecule has 0 heterocycles. The molecule has 0 saturated heterocycles. The van der Waals surface area contributed by atoms with E-state index in [1.165, 1.54) is 0 Å². The standard InChI is InChI=1S/C13H20N2O2/c1-11(2)10-17-15-9-13(16)14-8-12-6-4-3-5-7-12/h3-7,11,15H,8-10H2,1-2H3,(H,14,16). The van der Waals surface area contributed by atoms with E-state index in [0.29, 0.717) is 19.1 Å². The zero-order valence-electron chi connectivity index (χ0n) is 10.4. The number of hydrogen-bond acceptors (Lipinski definition) is 3. The molecule has 0 aliphatic heterocycles. The van der Waals surface area contributed by atoms with Crippen LogP contribution in [0, 0.1) is 5.92 Å². The maximum Gasteiger partial charge on any atom is 0.236 e. The molecule has 0 fully saturated rings. The van der Waals surface area contributed by atoms with Gasteiger partial charge in [-0.2, -0.15) is 5.48 Å². The first-order valence-electron chi connectivity index (χ1n) is 5.83. The van der Waals surface area contributed by atoms with Gasteiger partial charge in [0, 0.05) is 6.54 Å². The van der Waals surface area contributed by atoms with Crippen molar-refractivity contribution in [3.8, 4) is 0 Å². The van der Waals surface area contributed by atoms with Gasteiger partial charge in [-0.3, -0.25) is 4.79 Å². The minimum absolute atomic E-state index is 0.0717. The molecule has 17 heavy (non-hydrogen) atoms. The average Bonchev–Trinajstić information content (AvgIpc) is 2.33. The zero-order chi connectivity index (χ0) is 12.5. The molecule has 94 valence electrons. The maximum absolute atomic E-state index is 11.4. The fourth-order valence-corrected chi connectivity index (χ4v) is 1.20. The van der Waals surface area contributed by atoms with Crippen molar-refractivity contribution in [2.75, 3.05) is 13.2 Å². The summed E-state index contributed by atoms with van der Waals surface area (Å²) in [5.41, 5.74) is 3.73. The van der Waals surface area contributed by atoms with Crippen molar-refractivity contribution in [2.24, 2.45) is 5.92 Å². The lowest BCUT2D eigenvalue weighted by Gasteiger charge is -2.08. The summed E-state index contributed by atoms with van der Waals surface area (Å²) in [6, 6.07) is 9.80. The van der Waals surface area contributed by atoms with Crippen molar-refractivity contribution in [3.05, 3.63) is 35.9 Å². The van der Waals surface area contributed by atoms with E-state index in [1.54, 1.807) is 0 Å². The Morgan fingerprint density at radius 1 is 1.29 bits per heavy atom. The summed E-state index contributed by atoms with van der Waals surface area (Å²) in [4.78, 5) is 16.5. The predicted molar refractivity (Wildman–Crippen MR) is 67.1 cm³/mol. The fraction of sp³-hybridized carbons (Fsp3) is 0.462. The van der Waals surface area contributed by atoms with Gasteiger partial charge in [-0.1, -0.05) is 44.2 Å². The van der Waals surface area contributed by atoms with Crippen molar-refractivity contribution in [2.45, 2.75) is 20.4 Å². The SMILES string of the molecule is CC(C)CONCC(=O)NCc1ccccc1. The first kappa shape index (κ1) is 13.7. The largest absolute Gasteiger partial charge is 0.351 e. The molecule has 0 aromatic heterocycles. The molecule has 1 amide bonds. The Bertz CT molecular complexity index is 325. The lowest BCUT2D eigenvalue weighted by molar-refractivity contribution is -0.123. The van der Waals surface area contributed by atoms with Gasteiger partial charge < -0.3 is 10.2 Å². The third kappa shape index (κ3) is 6.71. The van der Waals surface area contributed by atoms with Crippen LogP contribution in [0.3, 0.4) is 0 Å². The van der Waals surface area contributed by atoms with Crippen molar-refractivity contribution < 1.29 is 9.63 Å². The predicted octanol–water partition coefficient (Wildman–Crippen LogP) is 1.48. The Balaban J connectivity index is 2.09. The van der Waals surface area contributed by atoms with Gasteiger partial charge in [-0.05, 0) is 11.5 Å². The summed E-state index contributed by atoms with van der Waals surface area (Å²) >= 11 is 0. The van der Waals surface area contributed by atoms with Crippen LogP contribution in [0.2, 0.25) is 0 Å². The molecule has 4 nitrogen and oxygen atoms in total. The van der Waals surface area contributed by atoms with E-state index in [-0.39, 0.29) is 12.5 Å². The highest BCUT2D eigenvalue weighted by Gasteiger charge is 2.01. The quantitative estimate of drug-likeness (QED) is 0.557. The minimum Gasteiger partial charge on any atom is -0.351 e. The van der Waals surface area contributed by atoms with Crippen LogP contribution in [0.1, 0.15) is 19.4 Å². The van der Waals surface area contributed by atoms with E-state index in [2.05, 4.69) is 24.6 Å². The summed E-state index contributed by atoms with van der Waals surface area (Å²) in [5.74, 6) is 0.382. The van der Waals surface area contributed by atoms with Crippen LogP contribution in [0.15, 0.2) is 30.3 Å². The topological polar surface area (TPSA) is 50.4 Å². The molecule has 4 heteroatoms. The number of benzene rings is 1. The monoisotopic (exact) mass is 236 g/mol. The lowest BCUT2D eigenvalue weighted by Crippen LogP contribution is -2.34. The summed E-state index contributed by atoms with van der Waals surface area (Å²) in [7, 11) is 0. The molecule has 0 aliphatic rings. The Morgan fingerprint density at radius 3 is 2.65 bits per heavy atom. The maximum atomic E-state index is 11.4. The molecule has 0 saturated carbocycles. The molecule has 0 unspecified atom stereocenters. The molecule has 0 spiro atoms. The van der Waals surface area contributed by atoms with E-state index >= 15 is 0 Å². The Kier molecular flexibility index (Phi) is 6.29. The van der Waals surface area contributed by atoms with Crippen LogP contribution in [0.25, 0.3) is 0 Å². The molecule has 1 rings (SSSR count). The third-order valence-corrected chi connectivity index (χ3v) is 2.08. The number of carbonyl (C=O) groups is 1. The normalized spacial score (nSPS) is 10.5. The Hall–Kier alpha value is -1.39. The number of hydrogen-bond donors (Lipinski definition) is 2. The van der Waals surface area contributed by atoms with E-state index < -0.39 is 0 Å². The second-order valence-corrected chi connectivity index (χ2v) is 4.29. The molecule has 0 aliphatic carbocycles. The lowest BCUT2D eigenvalue weighted by atomic mass is 10.2. The first-order valence-corrected chi connectivity index (χ1v) is 5.83. The van der Waals surface area contributed by atoms with Gasteiger partial charge in [-0.15, -0.1) is 0 Å². The van der Waals surface area contributed by atoms with Gasteiger partial charge in [0.1, 0.15) is 0 Å². The van der Waals surface area contributed by atoms with Crippen LogP contribution in [-0.4, -0.2) is 19.1 Å². The van der Waals surface area contributed by atoms with Gasteiger partial charge in [0.15, 0.2) is 0 Å². The summed E-state index contributed by atoms with van der Waals surface area (Å²) < 4.78 is 0. The van der Waals surface area contributed by atoms with Gasteiger partial charge in [0.2, 0.25) is 5.91 Å². The fourth-order valence-electron chi connectivity index (χ4n) is 1.20. The molecule has 0 atom stereocenters. The van der Waals surface area contributed by atoms with E-state index in [0.717, 1.165) is 5.56 Å². The van der Waals surface area contributed by atoms with Crippen LogP contribution in [0.4, 0.5) is 0 Å². The highest BCUT2D eigenvalue weighted by atomic mass is 16.6. The van der Waals surface area contributed by atoms with Gasteiger partial charge >= 0.3 is 0 Å². The first-order chi connectivity index (χ1) is 8.18. The zero-order valence-corrected chi connectivity index (χ0v) is 10.4. The summed E-state index contributed by atoms with van der Waals surface area (Å²) in [6.45, 7) is 5.44. The second kappa shape index (κ2) is 7.81. The molecule has 0 bridgehead atoms. The molecular formula is C13H20N2O2. The smallest absolute Gasteiger partial charge is 0.236 e. The van der Waals surface area contributed by atoms with Crippen LogP contribution >= 0.6 is 0 Å². The molecule has 2 N–H and O–H groups in total. The van der Waals surface area contributed by atoms with Crippen molar-refractivity contribution in [1.29, 1.82) is 0 Å². The van der Waals surface area contributed by atoms with Crippen LogP contribution < -0.4 is 10.8 Å². The molecule has 1 aromatic carbocycles. The minimum atomic E-state index is -0.0717. The van der Waals surface area contributed by atoms with Crippen LogP contribution in [0.5, 0.6) is 0 Å². The number of hydroxylamine groups is 1. The summed E-state index contributed by atoms with van der Waals surface area (Å²) in [6.07, 6.45) is 0. The Morgan fingerprint density at radius 2 is 2.00 bits per heavy atom. The average molecular weight is 236 g/mol. The van der Waals surface area contributed by atoms with E-state index in [9.17, 15) is 4.79 Å².